The van der Waals surface area contributed by atoms with E-state index in [0.717, 1.165) is 0 Å². The average Bonchev–Trinajstić information content (AvgIpc) is 0. The molecule has 0 aromatic heterocycles. The molecule has 0 rings (SSSR count). The molecule has 0 spiro atoms. The van der Waals surface area contributed by atoms with Crippen LogP contribution in [0.15, 0.2) is 0 Å². The predicted molar refractivity (Wildman–Crippen MR) is 6.44 cm³/mol. The third-order valence-corrected chi connectivity index (χ3v) is 0. The average molecular weight is 157 g/mol. The van der Waals surface area contributed by atoms with Gasteiger partial charge in [-0.1, -0.05) is 0 Å². The fraction of sp³-hybridized carbons (Fsp3) is 0. The zero-order valence-electron chi connectivity index (χ0n) is 1.68. The molecule has 4 heteroatoms. The zero-order valence-corrected chi connectivity index (χ0v) is 5.00. The van der Waals surface area contributed by atoms with Crippen molar-refractivity contribution in [3.8, 4) is 0 Å². The molecule has 0 aliphatic rings. The standard InChI is InChI=1S/Al.Mn.Ni.O/q+3;2*+2;-2. The molecule has 0 N–H and O–H groups in total. The number of hydrogen-bond donors (Lipinski definition) is 0. The van der Waals surface area contributed by atoms with E-state index in [4.69, 9.17) is 0 Å². The van der Waals surface area contributed by atoms with E-state index in [-0.39, 0.29) is 56.4 Å². The Hall–Kier alpha value is 1.51. The Bertz CT molecular complexity index is 8.00. The second-order valence-electron chi connectivity index (χ2n) is 0. The fourth-order valence-corrected chi connectivity index (χ4v) is 0. The summed E-state index contributed by atoms with van der Waals surface area (Å²) in [6.45, 7) is 0. The smallest absolute Gasteiger partial charge is 2.00 e. The molecular weight excluding hydrogens is 157 g/mol. The van der Waals surface area contributed by atoms with E-state index in [1.165, 1.54) is 0 Å². The molecule has 0 aromatic rings. The van der Waals surface area contributed by atoms with Gasteiger partial charge in [0.15, 0.2) is 0 Å². The van der Waals surface area contributed by atoms with Gasteiger partial charge in [-0.3, -0.25) is 0 Å². The Morgan fingerprint density at radius 1 is 1.00 bits per heavy atom. The van der Waals surface area contributed by atoms with Crippen LogP contribution in [0.3, 0.4) is 0 Å². The Labute approximate surface area is 56.4 Å². The maximum absolute atomic E-state index is 0. The second-order valence-corrected chi connectivity index (χ2v) is 0. The molecule has 0 unspecified atom stereocenters. The predicted octanol–water partition coefficient (Wildman–Crippen LogP) is -0.505. The van der Waals surface area contributed by atoms with E-state index < -0.39 is 0 Å². The molecule has 0 bridgehead atoms. The topological polar surface area (TPSA) is 28.5 Å². The van der Waals surface area contributed by atoms with Gasteiger partial charge in [0, 0.05) is 0 Å². The van der Waals surface area contributed by atoms with Crippen molar-refractivity contribution >= 4 is 17.4 Å². The van der Waals surface area contributed by atoms with Crippen molar-refractivity contribution in [2.75, 3.05) is 0 Å². The van der Waals surface area contributed by atoms with Gasteiger partial charge >= 0.3 is 50.9 Å². The van der Waals surface area contributed by atoms with Gasteiger partial charge in [0.25, 0.3) is 0 Å². The van der Waals surface area contributed by atoms with Gasteiger partial charge < -0.3 is 5.48 Å². The molecule has 1 radical (unpaired) electrons. The van der Waals surface area contributed by atoms with Gasteiger partial charge in [-0.05, 0) is 0 Å². The van der Waals surface area contributed by atoms with Gasteiger partial charge in [0.2, 0.25) is 0 Å². The Balaban J connectivity index is 0. The van der Waals surface area contributed by atoms with E-state index in [1.54, 1.807) is 0 Å². The van der Waals surface area contributed by atoms with Crippen molar-refractivity contribution in [2.24, 2.45) is 0 Å². The molecule has 0 fully saturated rings. The van der Waals surface area contributed by atoms with Gasteiger partial charge in [-0.2, -0.15) is 0 Å². The minimum Gasteiger partial charge on any atom is -2.00 e. The summed E-state index contributed by atoms with van der Waals surface area (Å²) >= 11 is 0. The molecule has 0 saturated carbocycles. The minimum absolute atomic E-state index is 0. The summed E-state index contributed by atoms with van der Waals surface area (Å²) in [6, 6.07) is 0. The van der Waals surface area contributed by atoms with Crippen molar-refractivity contribution in [1.82, 2.24) is 0 Å². The molecule has 1 nitrogen and oxygen atoms in total. The van der Waals surface area contributed by atoms with Crippen molar-refractivity contribution in [1.29, 1.82) is 0 Å². The van der Waals surface area contributed by atoms with Crippen LogP contribution in [0.5, 0.6) is 0 Å². The molecule has 0 aliphatic heterocycles. The summed E-state index contributed by atoms with van der Waals surface area (Å²) in [7, 11) is 0. The second kappa shape index (κ2) is 24.4. The molecule has 4 heavy (non-hydrogen) atoms. The summed E-state index contributed by atoms with van der Waals surface area (Å²) in [5, 5.41) is 0. The zero-order chi connectivity index (χ0) is 0. The van der Waals surface area contributed by atoms with Crippen molar-refractivity contribution in [3.63, 3.8) is 0 Å². The van der Waals surface area contributed by atoms with Crippen LogP contribution >= 0.6 is 0 Å². The van der Waals surface area contributed by atoms with E-state index in [1.807, 2.05) is 0 Å². The van der Waals surface area contributed by atoms with Crippen LogP contribution in [0.1, 0.15) is 0 Å². The maximum atomic E-state index is 0. The Kier molecular flexibility index (Phi) is 301. The van der Waals surface area contributed by atoms with Crippen molar-refractivity contribution in [2.45, 2.75) is 0 Å². The van der Waals surface area contributed by atoms with Crippen LogP contribution in [-0.2, 0) is 39.0 Å². The third-order valence-electron chi connectivity index (χ3n) is 0. The summed E-state index contributed by atoms with van der Waals surface area (Å²) in [5.41, 5.74) is 0. The van der Waals surface area contributed by atoms with Gasteiger partial charge in [-0.25, -0.2) is 0 Å². The van der Waals surface area contributed by atoms with Crippen molar-refractivity contribution < 1.29 is 39.0 Å². The number of rotatable bonds is 0. The van der Waals surface area contributed by atoms with E-state index in [0.29, 0.717) is 0 Å². The summed E-state index contributed by atoms with van der Waals surface area (Å²) < 4.78 is 0. The van der Waals surface area contributed by atoms with Crippen LogP contribution in [-0.4, -0.2) is 17.4 Å². The van der Waals surface area contributed by atoms with Crippen LogP contribution in [0.25, 0.3) is 0 Å². The molecule has 0 amide bonds. The van der Waals surface area contributed by atoms with Crippen LogP contribution in [0.2, 0.25) is 0 Å². The van der Waals surface area contributed by atoms with Gasteiger partial charge in [-0.15, -0.1) is 0 Å². The van der Waals surface area contributed by atoms with Crippen LogP contribution < -0.4 is 0 Å². The molecule has 21 valence electrons. The molecule has 0 aromatic carbocycles. The van der Waals surface area contributed by atoms with E-state index in [2.05, 4.69) is 0 Å². The molecular formula is AlMnNiO+5. The number of hydrogen-bond acceptors (Lipinski definition) is 0. The molecule has 0 heterocycles. The van der Waals surface area contributed by atoms with E-state index in [9.17, 15) is 0 Å². The monoisotopic (exact) mass is 156 g/mol. The van der Waals surface area contributed by atoms with E-state index >= 15 is 0 Å². The first-order valence-corrected chi connectivity index (χ1v) is 0. The SMILES string of the molecule is [Al+3].[Mn+2].[Ni+2].[O-2]. The molecule has 0 saturated heterocycles. The van der Waals surface area contributed by atoms with Crippen LogP contribution in [0, 0.1) is 0 Å². The Morgan fingerprint density at radius 3 is 1.00 bits per heavy atom. The van der Waals surface area contributed by atoms with Gasteiger partial charge in [0.05, 0.1) is 0 Å². The summed E-state index contributed by atoms with van der Waals surface area (Å²) in [5.74, 6) is 0. The van der Waals surface area contributed by atoms with Crippen LogP contribution in [0.4, 0.5) is 0 Å². The summed E-state index contributed by atoms with van der Waals surface area (Å²) in [6.07, 6.45) is 0. The minimum atomic E-state index is 0. The largest absolute Gasteiger partial charge is 3.00 e. The first-order valence-electron chi connectivity index (χ1n) is 0. The normalized spacial score (nSPS) is 0. The quantitative estimate of drug-likeness (QED) is 0.423. The maximum Gasteiger partial charge on any atom is 3.00 e. The third kappa shape index (κ3) is 9.71. The van der Waals surface area contributed by atoms with Crippen molar-refractivity contribution in [3.05, 3.63) is 0 Å². The summed E-state index contributed by atoms with van der Waals surface area (Å²) in [4.78, 5) is 0. The first-order chi connectivity index (χ1) is 0. The first kappa shape index (κ1) is 49.3. The molecule has 0 aliphatic carbocycles. The van der Waals surface area contributed by atoms with Gasteiger partial charge in [0.1, 0.15) is 0 Å². The Morgan fingerprint density at radius 2 is 1.00 bits per heavy atom. The molecule has 0 atom stereocenters. The fourth-order valence-electron chi connectivity index (χ4n) is 0.